The van der Waals surface area contributed by atoms with Crippen LogP contribution in [0.2, 0.25) is 0 Å². The van der Waals surface area contributed by atoms with Crippen LogP contribution in [-0.4, -0.2) is 60.7 Å². The summed E-state index contributed by atoms with van der Waals surface area (Å²) >= 11 is 0. The van der Waals surface area contributed by atoms with Crippen LogP contribution < -0.4 is 10.1 Å². The number of alkyl halides is 4. The molecule has 9 heteroatoms. The van der Waals surface area contributed by atoms with Gasteiger partial charge in [-0.2, -0.15) is 17.6 Å². The maximum Gasteiger partial charge on any atom is 0.461 e. The molecule has 5 nitrogen and oxygen atoms in total. The zero-order valence-corrected chi connectivity index (χ0v) is 14.1. The van der Waals surface area contributed by atoms with Crippen molar-refractivity contribution in [2.24, 2.45) is 0 Å². The van der Waals surface area contributed by atoms with Crippen LogP contribution in [0.1, 0.15) is 29.6 Å². The highest BCUT2D eigenvalue weighted by Crippen LogP contribution is 2.29. The summed E-state index contributed by atoms with van der Waals surface area (Å²) in [6.07, 6.45) is -5.77. The molecule has 0 aliphatic carbocycles. The molecule has 1 aromatic rings. The van der Waals surface area contributed by atoms with Gasteiger partial charge in [0.1, 0.15) is 5.75 Å². The van der Waals surface area contributed by atoms with Gasteiger partial charge in [-0.3, -0.25) is 9.69 Å². The van der Waals surface area contributed by atoms with Crippen molar-refractivity contribution in [1.29, 1.82) is 0 Å². The maximum absolute atomic E-state index is 13.1. The molecular formula is C17H22F4N2O3. The number of hydrogen-bond donors (Lipinski definition) is 2. The maximum atomic E-state index is 13.1. The average molecular weight is 378 g/mol. The molecule has 0 radical (unpaired) electrons. The fourth-order valence-electron chi connectivity index (χ4n) is 2.90. The lowest BCUT2D eigenvalue weighted by Crippen LogP contribution is -2.45. The van der Waals surface area contributed by atoms with Crippen LogP contribution in [0.5, 0.6) is 5.75 Å². The van der Waals surface area contributed by atoms with E-state index in [2.05, 4.69) is 15.0 Å². The molecule has 1 aliphatic rings. The fraction of sp³-hybridized carbons (Fsp3) is 0.588. The molecule has 0 saturated carbocycles. The molecule has 1 unspecified atom stereocenters. The minimum Gasteiger partial charge on any atom is -0.427 e. The number of para-hydroxylation sites is 1. The van der Waals surface area contributed by atoms with Crippen molar-refractivity contribution in [1.82, 2.24) is 10.2 Å². The van der Waals surface area contributed by atoms with E-state index in [4.69, 9.17) is 0 Å². The molecule has 146 valence electrons. The van der Waals surface area contributed by atoms with Crippen molar-refractivity contribution in [2.75, 3.05) is 26.2 Å². The highest BCUT2D eigenvalue weighted by atomic mass is 19.3. The van der Waals surface area contributed by atoms with E-state index in [1.165, 1.54) is 18.2 Å². The Kier molecular flexibility index (Phi) is 7.22. The van der Waals surface area contributed by atoms with E-state index in [0.717, 1.165) is 31.9 Å². The summed E-state index contributed by atoms with van der Waals surface area (Å²) < 4.78 is 54.9. The van der Waals surface area contributed by atoms with Crippen molar-refractivity contribution in [2.45, 2.75) is 37.8 Å². The first-order chi connectivity index (χ1) is 12.3. The topological polar surface area (TPSA) is 61.8 Å². The quantitative estimate of drug-likeness (QED) is 0.683. The number of halogens is 4. The fourth-order valence-corrected chi connectivity index (χ4v) is 2.90. The lowest BCUT2D eigenvalue weighted by molar-refractivity contribution is -0.253. The van der Waals surface area contributed by atoms with Crippen LogP contribution in [0.3, 0.4) is 0 Å². The molecular weight excluding hydrogens is 356 g/mol. The van der Waals surface area contributed by atoms with Gasteiger partial charge < -0.3 is 15.2 Å². The minimum absolute atomic E-state index is 0.0351. The molecule has 1 heterocycles. The normalized spacial score (nSPS) is 18.8. The molecule has 2 rings (SSSR count). The largest absolute Gasteiger partial charge is 0.461 e. The standard InChI is InChI=1S/C17H22F4N2O3/c18-16(19)17(20,21)26-14-7-2-1-6-13(14)15(25)22-8-10-23-9-4-3-5-12(23)11-24/h1-2,6-7,12,16,24H,3-5,8-11H2,(H,22,25). The first kappa shape index (κ1) is 20.4. The SMILES string of the molecule is O=C(NCCN1CCCCC1CO)c1ccccc1OC(F)(F)C(F)F. The zero-order valence-electron chi connectivity index (χ0n) is 14.1. The summed E-state index contributed by atoms with van der Waals surface area (Å²) in [7, 11) is 0. The Morgan fingerprint density at radius 1 is 1.35 bits per heavy atom. The van der Waals surface area contributed by atoms with Gasteiger partial charge in [0.15, 0.2) is 0 Å². The summed E-state index contributed by atoms with van der Waals surface area (Å²) in [5.74, 6) is -1.30. The molecule has 2 N–H and O–H groups in total. The number of ether oxygens (including phenoxy) is 1. The van der Waals surface area contributed by atoms with Crippen LogP contribution in [0.4, 0.5) is 17.6 Å². The highest BCUT2D eigenvalue weighted by molar-refractivity contribution is 5.96. The number of piperidine rings is 1. The number of carbonyl (C=O) groups is 1. The monoisotopic (exact) mass is 378 g/mol. The zero-order chi connectivity index (χ0) is 19.2. The second-order valence-electron chi connectivity index (χ2n) is 6.08. The van der Waals surface area contributed by atoms with Crippen molar-refractivity contribution in [3.05, 3.63) is 29.8 Å². The Labute approximate surface area is 148 Å². The number of hydrogen-bond acceptors (Lipinski definition) is 4. The van der Waals surface area contributed by atoms with Crippen molar-refractivity contribution >= 4 is 5.91 Å². The summed E-state index contributed by atoms with van der Waals surface area (Å²) in [5, 5.41) is 11.9. The number of rotatable bonds is 8. The van der Waals surface area contributed by atoms with Crippen LogP contribution in [0.25, 0.3) is 0 Å². The number of aliphatic hydroxyl groups is 1. The Morgan fingerprint density at radius 2 is 2.08 bits per heavy atom. The van der Waals surface area contributed by atoms with Crippen LogP contribution in [-0.2, 0) is 0 Å². The Morgan fingerprint density at radius 3 is 2.77 bits per heavy atom. The smallest absolute Gasteiger partial charge is 0.427 e. The number of carbonyl (C=O) groups excluding carboxylic acids is 1. The van der Waals surface area contributed by atoms with E-state index in [0.29, 0.717) is 6.54 Å². The number of aliphatic hydroxyl groups excluding tert-OH is 1. The number of likely N-dealkylation sites (tertiary alicyclic amines) is 1. The summed E-state index contributed by atoms with van der Waals surface area (Å²) in [5.41, 5.74) is -0.245. The van der Waals surface area contributed by atoms with Gasteiger partial charge >= 0.3 is 12.5 Å². The van der Waals surface area contributed by atoms with E-state index >= 15 is 0 Å². The van der Waals surface area contributed by atoms with E-state index in [1.54, 1.807) is 0 Å². The van der Waals surface area contributed by atoms with E-state index < -0.39 is 24.2 Å². The third-order valence-corrected chi connectivity index (χ3v) is 4.28. The number of nitrogens with one attached hydrogen (secondary N) is 1. The van der Waals surface area contributed by atoms with Gasteiger partial charge in [0.05, 0.1) is 12.2 Å². The second kappa shape index (κ2) is 9.18. The van der Waals surface area contributed by atoms with Gasteiger partial charge in [-0.1, -0.05) is 18.6 Å². The van der Waals surface area contributed by atoms with Crippen molar-refractivity contribution in [3.8, 4) is 5.75 Å². The van der Waals surface area contributed by atoms with Gasteiger partial charge in [0.2, 0.25) is 0 Å². The lowest BCUT2D eigenvalue weighted by Gasteiger charge is -2.34. The second-order valence-corrected chi connectivity index (χ2v) is 6.08. The van der Waals surface area contributed by atoms with Gasteiger partial charge in [0.25, 0.3) is 5.91 Å². The molecule has 1 aliphatic heterocycles. The number of benzene rings is 1. The number of amides is 1. The van der Waals surface area contributed by atoms with Crippen molar-refractivity contribution in [3.63, 3.8) is 0 Å². The summed E-state index contributed by atoms with van der Waals surface area (Å²) in [6.45, 7) is 1.57. The first-order valence-corrected chi connectivity index (χ1v) is 8.42. The average Bonchev–Trinajstić information content (AvgIpc) is 2.62. The molecule has 1 atom stereocenters. The van der Waals surface area contributed by atoms with E-state index in [9.17, 15) is 27.5 Å². The molecule has 0 bridgehead atoms. The van der Waals surface area contributed by atoms with Gasteiger partial charge in [-0.05, 0) is 31.5 Å². The van der Waals surface area contributed by atoms with Crippen LogP contribution >= 0.6 is 0 Å². The minimum atomic E-state index is -4.68. The molecule has 26 heavy (non-hydrogen) atoms. The molecule has 0 aromatic heterocycles. The summed E-state index contributed by atoms with van der Waals surface area (Å²) in [6, 6.07) is 5.05. The highest BCUT2D eigenvalue weighted by Gasteiger charge is 2.44. The van der Waals surface area contributed by atoms with Crippen LogP contribution in [0.15, 0.2) is 24.3 Å². The van der Waals surface area contributed by atoms with Gasteiger partial charge in [0, 0.05) is 19.1 Å². The Balaban J connectivity index is 1.95. The Hall–Kier alpha value is -1.87. The molecule has 1 amide bonds. The van der Waals surface area contributed by atoms with E-state index in [-0.39, 0.29) is 24.8 Å². The van der Waals surface area contributed by atoms with Crippen LogP contribution in [0, 0.1) is 0 Å². The molecule has 1 saturated heterocycles. The molecule has 0 spiro atoms. The third kappa shape index (κ3) is 5.31. The molecule has 1 aromatic carbocycles. The van der Waals surface area contributed by atoms with Crippen molar-refractivity contribution < 1.29 is 32.2 Å². The summed E-state index contributed by atoms with van der Waals surface area (Å²) in [4.78, 5) is 14.3. The van der Waals surface area contributed by atoms with Gasteiger partial charge in [-0.25, -0.2) is 0 Å². The predicted octanol–water partition coefficient (Wildman–Crippen LogP) is 2.50. The first-order valence-electron chi connectivity index (χ1n) is 8.42. The van der Waals surface area contributed by atoms with Gasteiger partial charge in [-0.15, -0.1) is 0 Å². The molecule has 1 fully saturated rings. The lowest BCUT2D eigenvalue weighted by atomic mass is 10.0. The van der Waals surface area contributed by atoms with E-state index in [1.807, 2.05) is 0 Å². The third-order valence-electron chi connectivity index (χ3n) is 4.28. The Bertz CT molecular complexity index is 601. The number of nitrogens with zero attached hydrogens (tertiary/aromatic N) is 1. The predicted molar refractivity (Wildman–Crippen MR) is 86.7 cm³/mol.